The molecule has 25 heavy (non-hydrogen) atoms. The second-order valence-electron chi connectivity index (χ2n) is 6.79. The Morgan fingerprint density at radius 3 is 2.52 bits per heavy atom. The summed E-state index contributed by atoms with van der Waals surface area (Å²) >= 11 is 7.79. The molecule has 1 heterocycles. The van der Waals surface area contributed by atoms with E-state index >= 15 is 0 Å². The Labute approximate surface area is 160 Å². The molecule has 1 aliphatic carbocycles. The van der Waals surface area contributed by atoms with Crippen LogP contribution in [0.5, 0.6) is 0 Å². The molecule has 1 aliphatic rings. The highest BCUT2D eigenvalue weighted by atomic mass is 35.5. The number of halogens is 1. The number of hydrogen-bond donors (Lipinski definition) is 1. The molecule has 0 saturated heterocycles. The minimum atomic E-state index is 0.0994. The zero-order valence-electron chi connectivity index (χ0n) is 15.2. The summed E-state index contributed by atoms with van der Waals surface area (Å²) in [6.07, 6.45) is 4.78. The largest absolute Gasteiger partial charge is 0.361 e. The Bertz CT molecular complexity index is 660. The molecule has 1 saturated carbocycles. The van der Waals surface area contributed by atoms with Crippen LogP contribution < -0.4 is 5.32 Å². The zero-order valence-corrected chi connectivity index (χ0v) is 16.8. The monoisotopic (exact) mass is 377 g/mol. The van der Waals surface area contributed by atoms with Gasteiger partial charge in [0.2, 0.25) is 0 Å². The maximum absolute atomic E-state index is 6.06. The number of hydrogen-bond acceptors (Lipinski definition) is 4. The van der Waals surface area contributed by atoms with Crippen molar-refractivity contribution in [2.75, 3.05) is 31.5 Å². The number of nitrogens with zero attached hydrogens (tertiary/aromatic N) is 2. The van der Waals surface area contributed by atoms with Gasteiger partial charge in [-0.1, -0.05) is 44.0 Å². The van der Waals surface area contributed by atoms with Crippen molar-refractivity contribution in [2.45, 2.75) is 44.9 Å². The van der Waals surface area contributed by atoms with Gasteiger partial charge in [0.1, 0.15) is 0 Å². The highest BCUT2D eigenvalue weighted by molar-refractivity contribution is 7.13. The van der Waals surface area contributed by atoms with Gasteiger partial charge in [-0.15, -0.1) is 11.3 Å². The van der Waals surface area contributed by atoms with Gasteiger partial charge >= 0.3 is 0 Å². The first-order valence-electron chi connectivity index (χ1n) is 9.36. The third kappa shape index (κ3) is 4.18. The molecule has 3 nitrogen and oxygen atoms in total. The smallest absolute Gasteiger partial charge is 0.182 e. The lowest BCUT2D eigenvalue weighted by molar-refractivity contribution is 0.295. The number of rotatable bonds is 9. The first-order chi connectivity index (χ1) is 12.2. The van der Waals surface area contributed by atoms with Crippen LogP contribution in [0.2, 0.25) is 5.02 Å². The van der Waals surface area contributed by atoms with Crippen molar-refractivity contribution < 1.29 is 0 Å². The fraction of sp³-hybridized carbons (Fsp3) is 0.550. The Hall–Kier alpha value is -1.10. The molecule has 1 N–H and O–H groups in total. The van der Waals surface area contributed by atoms with Crippen LogP contribution in [0.1, 0.15) is 50.8 Å². The molecule has 1 aromatic carbocycles. The van der Waals surface area contributed by atoms with E-state index in [0.717, 1.165) is 42.8 Å². The van der Waals surface area contributed by atoms with Crippen LogP contribution in [0.3, 0.4) is 0 Å². The van der Waals surface area contributed by atoms with E-state index in [0.29, 0.717) is 0 Å². The lowest BCUT2D eigenvalue weighted by Gasteiger charge is -2.41. The van der Waals surface area contributed by atoms with Gasteiger partial charge in [0.15, 0.2) is 5.13 Å². The maximum Gasteiger partial charge on any atom is 0.182 e. The molecule has 5 heteroatoms. The molecule has 0 radical (unpaired) electrons. The summed E-state index contributed by atoms with van der Waals surface area (Å²) in [6, 6.07) is 8.32. The topological polar surface area (TPSA) is 28.2 Å². The molecule has 3 rings (SSSR count). The number of nitrogens with one attached hydrogen (secondary N) is 1. The van der Waals surface area contributed by atoms with E-state index < -0.39 is 0 Å². The zero-order chi connectivity index (χ0) is 17.7. The number of anilines is 1. The summed E-state index contributed by atoms with van der Waals surface area (Å²) in [7, 11) is 0. The number of thiazole rings is 1. The van der Waals surface area contributed by atoms with Crippen LogP contribution in [0.25, 0.3) is 0 Å². The summed E-state index contributed by atoms with van der Waals surface area (Å²) in [5, 5.41) is 7.59. The molecular formula is C20H28ClN3S. The lowest BCUT2D eigenvalue weighted by atomic mass is 9.63. The molecule has 0 bridgehead atoms. The Balaban J connectivity index is 1.61. The van der Waals surface area contributed by atoms with Crippen molar-refractivity contribution in [1.29, 1.82) is 0 Å². The molecule has 0 atom stereocenters. The van der Waals surface area contributed by atoms with Gasteiger partial charge in [0, 0.05) is 22.4 Å². The molecule has 1 aromatic heterocycles. The van der Waals surface area contributed by atoms with Crippen LogP contribution in [-0.4, -0.2) is 36.1 Å². The quantitative estimate of drug-likeness (QED) is 0.592. The maximum atomic E-state index is 6.06. The van der Waals surface area contributed by atoms with E-state index in [1.54, 1.807) is 11.3 Å². The fourth-order valence-electron chi connectivity index (χ4n) is 3.60. The van der Waals surface area contributed by atoms with Gasteiger partial charge in [0.05, 0.1) is 5.69 Å². The van der Waals surface area contributed by atoms with Gasteiger partial charge in [0.25, 0.3) is 0 Å². The van der Waals surface area contributed by atoms with E-state index in [2.05, 4.69) is 41.6 Å². The number of aromatic nitrogens is 1. The third-order valence-corrected chi connectivity index (χ3v) is 6.47. The van der Waals surface area contributed by atoms with E-state index in [4.69, 9.17) is 16.6 Å². The van der Waals surface area contributed by atoms with Crippen molar-refractivity contribution in [1.82, 2.24) is 9.88 Å². The van der Waals surface area contributed by atoms with Gasteiger partial charge in [-0.25, -0.2) is 4.98 Å². The second kappa shape index (κ2) is 8.52. The van der Waals surface area contributed by atoms with Gasteiger partial charge in [-0.3, -0.25) is 0 Å². The first kappa shape index (κ1) is 18.7. The SMILES string of the molecule is CCN(CC)CCCNc1nc(C2(c3ccc(Cl)cc3)CCC2)cs1. The number of benzene rings is 1. The second-order valence-corrected chi connectivity index (χ2v) is 8.08. The molecule has 0 unspecified atom stereocenters. The van der Waals surface area contributed by atoms with Crippen LogP contribution >= 0.6 is 22.9 Å². The van der Waals surface area contributed by atoms with Crippen molar-refractivity contribution in [3.05, 3.63) is 45.9 Å². The summed E-state index contributed by atoms with van der Waals surface area (Å²) in [4.78, 5) is 7.38. The van der Waals surface area contributed by atoms with Crippen molar-refractivity contribution >= 4 is 28.1 Å². The van der Waals surface area contributed by atoms with Crippen molar-refractivity contribution in [3.63, 3.8) is 0 Å². The normalized spacial score (nSPS) is 16.0. The van der Waals surface area contributed by atoms with Gasteiger partial charge in [-0.2, -0.15) is 0 Å². The summed E-state index contributed by atoms with van der Waals surface area (Å²) in [6.45, 7) is 8.82. The Morgan fingerprint density at radius 1 is 1.20 bits per heavy atom. The van der Waals surface area contributed by atoms with E-state index in [-0.39, 0.29) is 5.41 Å². The molecule has 1 fully saturated rings. The Morgan fingerprint density at radius 2 is 1.92 bits per heavy atom. The molecular weight excluding hydrogens is 350 g/mol. The minimum absolute atomic E-state index is 0.0994. The first-order valence-corrected chi connectivity index (χ1v) is 10.6. The molecule has 0 amide bonds. The van der Waals surface area contributed by atoms with E-state index in [1.807, 2.05) is 12.1 Å². The highest BCUT2D eigenvalue weighted by Crippen LogP contribution is 2.49. The van der Waals surface area contributed by atoms with Crippen molar-refractivity contribution in [2.24, 2.45) is 0 Å². The average molecular weight is 378 g/mol. The highest BCUT2D eigenvalue weighted by Gasteiger charge is 2.42. The predicted octanol–water partition coefficient (Wildman–Crippen LogP) is 5.41. The molecule has 0 spiro atoms. The molecule has 2 aromatic rings. The van der Waals surface area contributed by atoms with Crippen LogP contribution in [0, 0.1) is 0 Å². The summed E-state index contributed by atoms with van der Waals surface area (Å²) < 4.78 is 0. The molecule has 0 aliphatic heterocycles. The van der Waals surface area contributed by atoms with Crippen LogP contribution in [-0.2, 0) is 5.41 Å². The van der Waals surface area contributed by atoms with Crippen LogP contribution in [0.4, 0.5) is 5.13 Å². The predicted molar refractivity (Wildman–Crippen MR) is 109 cm³/mol. The van der Waals surface area contributed by atoms with E-state index in [9.17, 15) is 0 Å². The Kier molecular flexibility index (Phi) is 6.37. The summed E-state index contributed by atoms with van der Waals surface area (Å²) in [5.41, 5.74) is 2.67. The lowest BCUT2D eigenvalue weighted by Crippen LogP contribution is -2.35. The summed E-state index contributed by atoms with van der Waals surface area (Å²) in [5.74, 6) is 0. The van der Waals surface area contributed by atoms with Gasteiger partial charge in [-0.05, 0) is 56.6 Å². The van der Waals surface area contributed by atoms with Gasteiger partial charge < -0.3 is 10.2 Å². The van der Waals surface area contributed by atoms with Crippen LogP contribution in [0.15, 0.2) is 29.6 Å². The third-order valence-electron chi connectivity index (χ3n) is 5.42. The van der Waals surface area contributed by atoms with E-state index in [1.165, 1.54) is 30.5 Å². The standard InChI is InChI=1S/C20H28ClN3S/c1-3-24(4-2)14-6-13-22-19-23-18(15-25-19)20(11-5-12-20)16-7-9-17(21)10-8-16/h7-10,15H,3-6,11-14H2,1-2H3,(H,22,23). The minimum Gasteiger partial charge on any atom is -0.361 e. The average Bonchev–Trinajstić information content (AvgIpc) is 3.05. The van der Waals surface area contributed by atoms with Crippen molar-refractivity contribution in [3.8, 4) is 0 Å². The molecule has 136 valence electrons. The fourth-order valence-corrected chi connectivity index (χ4v) is 4.57.